The quantitative estimate of drug-likeness (QED) is 0.890. The van der Waals surface area contributed by atoms with Gasteiger partial charge in [0, 0.05) is 12.1 Å². The molecule has 1 aliphatic rings. The fourth-order valence-corrected chi connectivity index (χ4v) is 4.00. The first-order chi connectivity index (χ1) is 9.44. The average molecular weight is 304 g/mol. The topological polar surface area (TPSA) is 72.2 Å². The van der Waals surface area contributed by atoms with Gasteiger partial charge >= 0.3 is 0 Å². The van der Waals surface area contributed by atoms with Gasteiger partial charge in [0.05, 0.1) is 0 Å². The van der Waals surface area contributed by atoms with Gasteiger partial charge < -0.3 is 5.73 Å². The number of halogens is 2. The van der Waals surface area contributed by atoms with Crippen LogP contribution in [0.25, 0.3) is 0 Å². The molecule has 7 heteroatoms. The summed E-state index contributed by atoms with van der Waals surface area (Å²) in [7, 11) is -4.00. The third-order valence-corrected chi connectivity index (χ3v) is 5.22. The van der Waals surface area contributed by atoms with E-state index in [1.54, 1.807) is 0 Å². The van der Waals surface area contributed by atoms with E-state index < -0.39 is 26.6 Å². The van der Waals surface area contributed by atoms with Crippen molar-refractivity contribution in [1.29, 1.82) is 0 Å². The van der Waals surface area contributed by atoms with Crippen molar-refractivity contribution in [2.75, 3.05) is 6.54 Å². The maximum Gasteiger partial charge on any atom is 0.243 e. The number of rotatable bonds is 4. The Bertz CT molecular complexity index is 578. The van der Waals surface area contributed by atoms with Crippen LogP contribution in [0.3, 0.4) is 0 Å². The highest BCUT2D eigenvalue weighted by Gasteiger charge is 2.29. The molecular weight excluding hydrogens is 286 g/mol. The molecule has 1 fully saturated rings. The van der Waals surface area contributed by atoms with Crippen LogP contribution in [0.15, 0.2) is 23.1 Å². The van der Waals surface area contributed by atoms with Crippen molar-refractivity contribution >= 4 is 10.0 Å². The number of sulfonamides is 1. The number of nitrogens with one attached hydrogen (secondary N) is 1. The second-order valence-electron chi connectivity index (χ2n) is 5.08. The highest BCUT2D eigenvalue weighted by atomic mass is 32.2. The molecule has 1 aromatic rings. The van der Waals surface area contributed by atoms with Gasteiger partial charge in [-0.05, 0) is 37.4 Å². The lowest BCUT2D eigenvalue weighted by Crippen LogP contribution is -2.44. The molecule has 0 amide bonds. The van der Waals surface area contributed by atoms with E-state index >= 15 is 0 Å². The molecule has 112 valence electrons. The summed E-state index contributed by atoms with van der Waals surface area (Å²) in [5.41, 5.74) is 5.64. The lowest BCUT2D eigenvalue weighted by atomic mass is 9.85. The molecule has 2 atom stereocenters. The van der Waals surface area contributed by atoms with Crippen molar-refractivity contribution in [2.45, 2.75) is 36.6 Å². The zero-order valence-electron chi connectivity index (χ0n) is 11.0. The normalized spacial score (nSPS) is 23.8. The number of hydrogen-bond acceptors (Lipinski definition) is 3. The fourth-order valence-electron chi connectivity index (χ4n) is 2.60. The highest BCUT2D eigenvalue weighted by Crippen LogP contribution is 2.25. The summed E-state index contributed by atoms with van der Waals surface area (Å²) < 4.78 is 53.3. The lowest BCUT2D eigenvalue weighted by Gasteiger charge is -2.31. The van der Waals surface area contributed by atoms with Crippen molar-refractivity contribution < 1.29 is 17.2 Å². The molecular formula is C13H18F2N2O2S. The number of nitrogens with two attached hydrogens (primary N) is 1. The van der Waals surface area contributed by atoms with E-state index in [2.05, 4.69) is 4.72 Å². The van der Waals surface area contributed by atoms with Gasteiger partial charge in [-0.3, -0.25) is 0 Å². The number of benzene rings is 1. The van der Waals surface area contributed by atoms with Crippen molar-refractivity contribution in [2.24, 2.45) is 11.7 Å². The molecule has 0 aromatic heterocycles. The van der Waals surface area contributed by atoms with E-state index in [1.165, 1.54) is 0 Å². The predicted molar refractivity (Wildman–Crippen MR) is 71.5 cm³/mol. The first-order valence-electron chi connectivity index (χ1n) is 6.61. The maximum atomic E-state index is 13.6. The first-order valence-corrected chi connectivity index (χ1v) is 8.10. The minimum atomic E-state index is -4.00. The Hall–Kier alpha value is -1.05. The van der Waals surface area contributed by atoms with Crippen LogP contribution in [-0.2, 0) is 10.0 Å². The standard InChI is InChI=1S/C13H18F2N2O2S/c14-10-5-6-13(11(15)7-10)20(18,19)17-12-4-2-1-3-9(12)8-16/h5-7,9,12,17H,1-4,8,16H2. The van der Waals surface area contributed by atoms with E-state index in [0.717, 1.165) is 31.4 Å². The first kappa shape index (κ1) is 15.3. The zero-order valence-corrected chi connectivity index (χ0v) is 11.8. The summed E-state index contributed by atoms with van der Waals surface area (Å²) >= 11 is 0. The second kappa shape index (κ2) is 6.15. The van der Waals surface area contributed by atoms with Gasteiger partial charge in [-0.25, -0.2) is 21.9 Å². The van der Waals surface area contributed by atoms with Gasteiger partial charge in [-0.15, -0.1) is 0 Å². The van der Waals surface area contributed by atoms with E-state index in [4.69, 9.17) is 5.73 Å². The molecule has 0 spiro atoms. The zero-order chi connectivity index (χ0) is 14.8. The monoisotopic (exact) mass is 304 g/mol. The predicted octanol–water partition coefficient (Wildman–Crippen LogP) is 1.76. The van der Waals surface area contributed by atoms with Crippen LogP contribution in [0.5, 0.6) is 0 Å². The Balaban J connectivity index is 2.22. The van der Waals surface area contributed by atoms with Crippen molar-refractivity contribution in [3.8, 4) is 0 Å². The van der Waals surface area contributed by atoms with Gasteiger partial charge in [0.2, 0.25) is 10.0 Å². The molecule has 4 nitrogen and oxygen atoms in total. The molecule has 3 N–H and O–H groups in total. The Morgan fingerprint density at radius 1 is 1.25 bits per heavy atom. The van der Waals surface area contributed by atoms with Crippen molar-refractivity contribution in [3.63, 3.8) is 0 Å². The molecule has 1 saturated carbocycles. The third kappa shape index (κ3) is 3.34. The van der Waals surface area contributed by atoms with Gasteiger partial charge in [0.1, 0.15) is 16.5 Å². The molecule has 1 aliphatic carbocycles. The average Bonchev–Trinajstić information content (AvgIpc) is 2.38. The Morgan fingerprint density at radius 2 is 1.95 bits per heavy atom. The minimum absolute atomic E-state index is 0.0574. The fraction of sp³-hybridized carbons (Fsp3) is 0.538. The molecule has 2 rings (SSSR count). The summed E-state index contributed by atoms with van der Waals surface area (Å²) in [6.45, 7) is 0.388. The summed E-state index contributed by atoms with van der Waals surface area (Å²) in [5, 5.41) is 0. The second-order valence-corrected chi connectivity index (χ2v) is 6.77. The molecule has 0 radical (unpaired) electrons. The molecule has 2 unspecified atom stereocenters. The van der Waals surface area contributed by atoms with Gasteiger partial charge in [0.15, 0.2) is 0 Å². The maximum absolute atomic E-state index is 13.6. The Kier molecular flexibility index (Phi) is 4.72. The van der Waals surface area contributed by atoms with Crippen molar-refractivity contribution in [3.05, 3.63) is 29.8 Å². The summed E-state index contributed by atoms with van der Waals surface area (Å²) in [5.74, 6) is -1.83. The SMILES string of the molecule is NCC1CCCCC1NS(=O)(=O)c1ccc(F)cc1F. The van der Waals surface area contributed by atoms with Crippen LogP contribution in [0.2, 0.25) is 0 Å². The summed E-state index contributed by atoms with van der Waals surface area (Å²) in [6, 6.07) is 2.14. The van der Waals surface area contributed by atoms with Crippen LogP contribution in [0.4, 0.5) is 8.78 Å². The van der Waals surface area contributed by atoms with Gasteiger partial charge in [0.25, 0.3) is 0 Å². The van der Waals surface area contributed by atoms with E-state index in [9.17, 15) is 17.2 Å². The van der Waals surface area contributed by atoms with Gasteiger partial charge in [-0.1, -0.05) is 12.8 Å². The van der Waals surface area contributed by atoms with E-state index in [1.807, 2.05) is 0 Å². The highest BCUT2D eigenvalue weighted by molar-refractivity contribution is 7.89. The Labute approximate surface area is 117 Å². The minimum Gasteiger partial charge on any atom is -0.330 e. The van der Waals surface area contributed by atoms with Crippen LogP contribution in [0, 0.1) is 17.6 Å². The molecule has 0 heterocycles. The molecule has 0 bridgehead atoms. The molecule has 0 aliphatic heterocycles. The van der Waals surface area contributed by atoms with E-state index in [0.29, 0.717) is 19.0 Å². The molecule has 20 heavy (non-hydrogen) atoms. The van der Waals surface area contributed by atoms with Gasteiger partial charge in [-0.2, -0.15) is 0 Å². The van der Waals surface area contributed by atoms with E-state index in [-0.39, 0.29) is 12.0 Å². The van der Waals surface area contributed by atoms with Crippen LogP contribution >= 0.6 is 0 Å². The molecule has 0 saturated heterocycles. The van der Waals surface area contributed by atoms with Crippen molar-refractivity contribution in [1.82, 2.24) is 4.72 Å². The largest absolute Gasteiger partial charge is 0.330 e. The van der Waals surface area contributed by atoms with Crippen LogP contribution in [0.1, 0.15) is 25.7 Å². The lowest BCUT2D eigenvalue weighted by molar-refractivity contribution is 0.296. The van der Waals surface area contributed by atoms with Crippen LogP contribution < -0.4 is 10.5 Å². The Morgan fingerprint density at radius 3 is 2.60 bits per heavy atom. The van der Waals surface area contributed by atoms with Crippen LogP contribution in [-0.4, -0.2) is 21.0 Å². The molecule has 1 aromatic carbocycles. The summed E-state index contributed by atoms with van der Waals surface area (Å²) in [4.78, 5) is -0.528. The third-order valence-electron chi connectivity index (χ3n) is 3.70. The summed E-state index contributed by atoms with van der Waals surface area (Å²) in [6.07, 6.45) is 3.47. The number of hydrogen-bond donors (Lipinski definition) is 2. The smallest absolute Gasteiger partial charge is 0.243 e.